The molecule has 0 aromatic carbocycles. The van der Waals surface area contributed by atoms with Crippen molar-refractivity contribution in [1.29, 1.82) is 0 Å². The molecule has 1 saturated carbocycles. The number of nitrogens with zero attached hydrogens (tertiary/aromatic N) is 1. The van der Waals surface area contributed by atoms with Crippen LogP contribution >= 0.6 is 0 Å². The summed E-state index contributed by atoms with van der Waals surface area (Å²) >= 11 is 0. The number of hydrogen-bond donors (Lipinski definition) is 3. The van der Waals surface area contributed by atoms with E-state index in [4.69, 9.17) is 0 Å². The molecule has 0 amide bonds. The second-order valence-electron chi connectivity index (χ2n) is 5.36. The summed E-state index contributed by atoms with van der Waals surface area (Å²) in [5, 5.41) is 23.3. The van der Waals surface area contributed by atoms with Gasteiger partial charge in [0.2, 0.25) is 0 Å². The van der Waals surface area contributed by atoms with Gasteiger partial charge in [-0.15, -0.1) is 0 Å². The van der Waals surface area contributed by atoms with Crippen LogP contribution in [0.4, 0.5) is 0 Å². The predicted molar refractivity (Wildman–Crippen MR) is 74.7 cm³/mol. The van der Waals surface area contributed by atoms with Gasteiger partial charge < -0.3 is 20.4 Å². The molecule has 4 nitrogen and oxygen atoms in total. The van der Waals surface area contributed by atoms with Crippen LogP contribution in [0.2, 0.25) is 0 Å². The van der Waals surface area contributed by atoms with Gasteiger partial charge in [-0.25, -0.2) is 0 Å². The van der Waals surface area contributed by atoms with Crippen molar-refractivity contribution in [1.82, 2.24) is 10.2 Å². The van der Waals surface area contributed by atoms with Gasteiger partial charge in [-0.2, -0.15) is 0 Å². The lowest BCUT2D eigenvalue weighted by atomic mass is 10.1. The summed E-state index contributed by atoms with van der Waals surface area (Å²) in [5.41, 5.74) is 0. The average Bonchev–Trinajstić information content (AvgIpc) is 2.58. The van der Waals surface area contributed by atoms with Crippen molar-refractivity contribution in [3.8, 4) is 0 Å². The topological polar surface area (TPSA) is 55.7 Å². The molecule has 0 saturated heterocycles. The predicted octanol–water partition coefficient (Wildman–Crippen LogP) is 0.972. The lowest BCUT2D eigenvalue weighted by molar-refractivity contribution is 0.0881. The largest absolute Gasteiger partial charge is 0.392 e. The molecule has 0 heterocycles. The smallest absolute Gasteiger partial charge is 0.0791 e. The van der Waals surface area contributed by atoms with E-state index in [1.165, 1.54) is 12.8 Å². The molecule has 3 N–H and O–H groups in total. The summed E-state index contributed by atoms with van der Waals surface area (Å²) in [6.45, 7) is 7.46. The summed E-state index contributed by atoms with van der Waals surface area (Å²) in [5.74, 6) is 0. The van der Waals surface area contributed by atoms with Crippen LogP contribution in [-0.2, 0) is 0 Å². The van der Waals surface area contributed by atoms with Crippen molar-refractivity contribution >= 4 is 0 Å². The summed E-state index contributed by atoms with van der Waals surface area (Å²) in [6, 6.07) is 0.166. The van der Waals surface area contributed by atoms with Crippen LogP contribution in [0.3, 0.4) is 0 Å². The third kappa shape index (κ3) is 5.65. The van der Waals surface area contributed by atoms with Gasteiger partial charge >= 0.3 is 0 Å². The molecule has 1 rings (SSSR count). The Balaban J connectivity index is 2.25. The minimum atomic E-state index is -0.347. The van der Waals surface area contributed by atoms with Crippen molar-refractivity contribution in [2.45, 2.75) is 64.2 Å². The number of rotatable bonds is 7. The highest BCUT2D eigenvalue weighted by Gasteiger charge is 2.21. The Bertz CT molecular complexity index is 210. The SMILES string of the molecule is CCN(CC)CC(O)CNC1CCCCCC1O. The molecule has 0 radical (unpaired) electrons. The lowest BCUT2D eigenvalue weighted by Crippen LogP contribution is -2.45. The molecule has 108 valence electrons. The lowest BCUT2D eigenvalue weighted by Gasteiger charge is -2.26. The number of hydrogen-bond acceptors (Lipinski definition) is 4. The summed E-state index contributed by atoms with van der Waals surface area (Å²) in [7, 11) is 0. The zero-order chi connectivity index (χ0) is 13.4. The zero-order valence-corrected chi connectivity index (χ0v) is 11.9. The van der Waals surface area contributed by atoms with E-state index in [1.807, 2.05) is 0 Å². The molecular formula is C14H30N2O2. The highest BCUT2D eigenvalue weighted by Crippen LogP contribution is 2.17. The highest BCUT2D eigenvalue weighted by atomic mass is 16.3. The number of likely N-dealkylation sites (N-methyl/N-ethyl adjacent to an activating group) is 1. The molecule has 0 aromatic heterocycles. The highest BCUT2D eigenvalue weighted by molar-refractivity contribution is 4.80. The number of aliphatic hydroxyl groups is 2. The minimum Gasteiger partial charge on any atom is -0.392 e. The molecule has 0 spiro atoms. The van der Waals surface area contributed by atoms with Crippen LogP contribution in [-0.4, -0.2) is 59.5 Å². The van der Waals surface area contributed by atoms with Gasteiger partial charge in [-0.05, 0) is 25.9 Å². The number of aliphatic hydroxyl groups excluding tert-OH is 2. The Morgan fingerprint density at radius 3 is 2.50 bits per heavy atom. The van der Waals surface area contributed by atoms with Gasteiger partial charge in [0.05, 0.1) is 12.2 Å². The third-order valence-electron chi connectivity index (χ3n) is 3.96. The second kappa shape index (κ2) is 8.86. The second-order valence-corrected chi connectivity index (χ2v) is 5.36. The molecule has 18 heavy (non-hydrogen) atoms. The van der Waals surface area contributed by atoms with Crippen molar-refractivity contribution in [2.75, 3.05) is 26.2 Å². The minimum absolute atomic E-state index is 0.166. The van der Waals surface area contributed by atoms with Crippen molar-refractivity contribution in [2.24, 2.45) is 0 Å². The van der Waals surface area contributed by atoms with E-state index in [0.29, 0.717) is 13.1 Å². The van der Waals surface area contributed by atoms with Crippen molar-refractivity contribution in [3.63, 3.8) is 0 Å². The van der Waals surface area contributed by atoms with Crippen LogP contribution in [0.25, 0.3) is 0 Å². The van der Waals surface area contributed by atoms with Crippen LogP contribution < -0.4 is 5.32 Å². The van der Waals surface area contributed by atoms with Crippen LogP contribution in [0.1, 0.15) is 46.0 Å². The van der Waals surface area contributed by atoms with Crippen molar-refractivity contribution in [3.05, 3.63) is 0 Å². The average molecular weight is 258 g/mol. The molecule has 1 fully saturated rings. The molecule has 1 aliphatic carbocycles. The zero-order valence-electron chi connectivity index (χ0n) is 11.9. The Morgan fingerprint density at radius 1 is 1.17 bits per heavy atom. The first-order valence-corrected chi connectivity index (χ1v) is 7.49. The molecule has 0 bridgehead atoms. The van der Waals surface area contributed by atoms with E-state index in [-0.39, 0.29) is 18.2 Å². The van der Waals surface area contributed by atoms with E-state index in [2.05, 4.69) is 24.1 Å². The molecule has 1 aliphatic rings. The molecule has 3 unspecified atom stereocenters. The van der Waals surface area contributed by atoms with Crippen LogP contribution in [0.15, 0.2) is 0 Å². The number of nitrogens with one attached hydrogen (secondary N) is 1. The molecule has 3 atom stereocenters. The van der Waals surface area contributed by atoms with E-state index >= 15 is 0 Å². The van der Waals surface area contributed by atoms with Gasteiger partial charge in [-0.3, -0.25) is 0 Å². The van der Waals surface area contributed by atoms with Gasteiger partial charge in [-0.1, -0.05) is 33.1 Å². The Labute approximate surface area is 111 Å². The quantitative estimate of drug-likeness (QED) is 0.596. The maximum atomic E-state index is 9.98. The molecule has 4 heteroatoms. The molecule has 0 aromatic rings. The Hall–Kier alpha value is -0.160. The van der Waals surface area contributed by atoms with Crippen LogP contribution in [0.5, 0.6) is 0 Å². The fraction of sp³-hybridized carbons (Fsp3) is 1.00. The summed E-state index contributed by atoms with van der Waals surface area (Å²) in [4.78, 5) is 2.22. The van der Waals surface area contributed by atoms with E-state index < -0.39 is 0 Å². The maximum Gasteiger partial charge on any atom is 0.0791 e. The van der Waals surface area contributed by atoms with E-state index in [1.54, 1.807) is 0 Å². The first kappa shape index (κ1) is 15.9. The Morgan fingerprint density at radius 2 is 1.83 bits per heavy atom. The summed E-state index contributed by atoms with van der Waals surface area (Å²) < 4.78 is 0. The molecule has 0 aliphatic heterocycles. The Kier molecular flexibility index (Phi) is 7.82. The van der Waals surface area contributed by atoms with Gasteiger partial charge in [0, 0.05) is 19.1 Å². The van der Waals surface area contributed by atoms with E-state index in [9.17, 15) is 10.2 Å². The summed E-state index contributed by atoms with van der Waals surface area (Å²) in [6.07, 6.45) is 4.86. The van der Waals surface area contributed by atoms with Crippen LogP contribution in [0, 0.1) is 0 Å². The maximum absolute atomic E-state index is 9.98. The first-order chi connectivity index (χ1) is 8.67. The molecular weight excluding hydrogens is 228 g/mol. The normalized spacial score (nSPS) is 27.2. The van der Waals surface area contributed by atoms with E-state index in [0.717, 1.165) is 32.4 Å². The fourth-order valence-corrected chi connectivity index (χ4v) is 2.66. The van der Waals surface area contributed by atoms with Gasteiger partial charge in [0.1, 0.15) is 0 Å². The third-order valence-corrected chi connectivity index (χ3v) is 3.96. The first-order valence-electron chi connectivity index (χ1n) is 7.49. The van der Waals surface area contributed by atoms with Gasteiger partial charge in [0.15, 0.2) is 0 Å². The monoisotopic (exact) mass is 258 g/mol. The fourth-order valence-electron chi connectivity index (χ4n) is 2.66. The standard InChI is InChI=1S/C14H30N2O2/c1-3-16(4-2)11-12(17)10-15-13-8-6-5-7-9-14(13)18/h12-15,17-18H,3-11H2,1-2H3. The van der Waals surface area contributed by atoms with Crippen molar-refractivity contribution < 1.29 is 10.2 Å². The van der Waals surface area contributed by atoms with Gasteiger partial charge in [0.25, 0.3) is 0 Å².